The third-order valence-corrected chi connectivity index (χ3v) is 2.16. The lowest BCUT2D eigenvalue weighted by Gasteiger charge is -2.37. The molecule has 66 valence electrons. The summed E-state index contributed by atoms with van der Waals surface area (Å²) >= 11 is 0. The van der Waals surface area contributed by atoms with Crippen molar-refractivity contribution in [3.05, 3.63) is 0 Å². The second-order valence-corrected chi connectivity index (χ2v) is 3.88. The van der Waals surface area contributed by atoms with E-state index in [4.69, 9.17) is 4.74 Å². The second kappa shape index (κ2) is 4.07. The molecule has 1 aliphatic heterocycles. The molecule has 0 bridgehead atoms. The summed E-state index contributed by atoms with van der Waals surface area (Å²) in [7, 11) is 1.76. The zero-order valence-electron chi connectivity index (χ0n) is 7.76. The van der Waals surface area contributed by atoms with Gasteiger partial charge in [0, 0.05) is 19.2 Å². The van der Waals surface area contributed by atoms with Crippen molar-refractivity contribution in [2.75, 3.05) is 13.7 Å². The zero-order valence-corrected chi connectivity index (χ0v) is 7.76. The molecule has 1 unspecified atom stereocenters. The summed E-state index contributed by atoms with van der Waals surface area (Å²) in [5, 5.41) is 3.49. The summed E-state index contributed by atoms with van der Waals surface area (Å²) < 4.78 is 5.04. The predicted octanol–water partition coefficient (Wildman–Crippen LogP) is 1.41. The van der Waals surface area contributed by atoms with Crippen molar-refractivity contribution in [2.45, 2.75) is 38.8 Å². The highest BCUT2D eigenvalue weighted by atomic mass is 16.5. The third kappa shape index (κ3) is 2.80. The van der Waals surface area contributed by atoms with E-state index in [-0.39, 0.29) is 0 Å². The molecule has 0 aromatic heterocycles. The Bertz CT molecular complexity index is 108. The molecular weight excluding hydrogens is 138 g/mol. The van der Waals surface area contributed by atoms with Crippen LogP contribution in [0.25, 0.3) is 0 Å². The average Bonchev–Trinajstić information content (AvgIpc) is 1.82. The lowest BCUT2D eigenvalue weighted by Crippen LogP contribution is -2.54. The van der Waals surface area contributed by atoms with E-state index in [0.29, 0.717) is 6.04 Å². The fraction of sp³-hybridized carbons (Fsp3) is 1.00. The first kappa shape index (κ1) is 9.01. The largest absolute Gasteiger partial charge is 0.383 e. The van der Waals surface area contributed by atoms with Crippen molar-refractivity contribution in [1.29, 1.82) is 0 Å². The monoisotopic (exact) mass is 157 g/mol. The van der Waals surface area contributed by atoms with Gasteiger partial charge < -0.3 is 10.1 Å². The Hall–Kier alpha value is -0.0800. The van der Waals surface area contributed by atoms with E-state index in [9.17, 15) is 0 Å². The lowest BCUT2D eigenvalue weighted by atomic mass is 9.90. The van der Waals surface area contributed by atoms with Crippen molar-refractivity contribution >= 4 is 0 Å². The highest BCUT2D eigenvalue weighted by molar-refractivity contribution is 4.88. The standard InChI is InChI=1S/C9H19NO/c1-7(2)4-8-5-9(10-8)6-11-3/h7-10H,4-6H2,1-3H3/t8?,9-/m1/s1. The van der Waals surface area contributed by atoms with Gasteiger partial charge in [-0.2, -0.15) is 0 Å². The van der Waals surface area contributed by atoms with Crippen LogP contribution in [0.1, 0.15) is 26.7 Å². The minimum atomic E-state index is 0.628. The Balaban J connectivity index is 2.00. The fourth-order valence-corrected chi connectivity index (χ4v) is 1.70. The smallest absolute Gasteiger partial charge is 0.0616 e. The van der Waals surface area contributed by atoms with Gasteiger partial charge in [0.2, 0.25) is 0 Å². The molecule has 1 aliphatic rings. The van der Waals surface area contributed by atoms with Gasteiger partial charge in [-0.1, -0.05) is 13.8 Å². The van der Waals surface area contributed by atoms with Crippen molar-refractivity contribution < 1.29 is 4.74 Å². The number of hydrogen-bond acceptors (Lipinski definition) is 2. The number of nitrogens with one attached hydrogen (secondary N) is 1. The van der Waals surface area contributed by atoms with Gasteiger partial charge >= 0.3 is 0 Å². The van der Waals surface area contributed by atoms with Crippen molar-refractivity contribution in [2.24, 2.45) is 5.92 Å². The highest BCUT2D eigenvalue weighted by Gasteiger charge is 2.27. The molecule has 1 fully saturated rings. The van der Waals surface area contributed by atoms with E-state index >= 15 is 0 Å². The molecule has 0 aliphatic carbocycles. The van der Waals surface area contributed by atoms with Crippen LogP contribution in [0.15, 0.2) is 0 Å². The zero-order chi connectivity index (χ0) is 8.27. The van der Waals surface area contributed by atoms with E-state index < -0.39 is 0 Å². The van der Waals surface area contributed by atoms with Crippen LogP contribution in [0.3, 0.4) is 0 Å². The van der Waals surface area contributed by atoms with Gasteiger partial charge in [-0.25, -0.2) is 0 Å². The van der Waals surface area contributed by atoms with Crippen molar-refractivity contribution in [3.63, 3.8) is 0 Å². The van der Waals surface area contributed by atoms with Gasteiger partial charge in [0.25, 0.3) is 0 Å². The Morgan fingerprint density at radius 1 is 1.45 bits per heavy atom. The van der Waals surface area contributed by atoms with Gasteiger partial charge in [-0.3, -0.25) is 0 Å². The third-order valence-electron chi connectivity index (χ3n) is 2.16. The van der Waals surface area contributed by atoms with Gasteiger partial charge in [-0.05, 0) is 18.8 Å². The Morgan fingerprint density at radius 3 is 2.55 bits per heavy atom. The molecule has 0 radical (unpaired) electrons. The molecule has 1 saturated heterocycles. The molecule has 1 N–H and O–H groups in total. The molecule has 2 heteroatoms. The molecule has 0 saturated carbocycles. The molecule has 2 atom stereocenters. The second-order valence-electron chi connectivity index (χ2n) is 3.88. The maximum Gasteiger partial charge on any atom is 0.0616 e. The van der Waals surface area contributed by atoms with Crippen molar-refractivity contribution in [1.82, 2.24) is 5.32 Å². The van der Waals surface area contributed by atoms with Crippen LogP contribution in [0.4, 0.5) is 0 Å². The highest BCUT2D eigenvalue weighted by Crippen LogP contribution is 2.18. The summed E-state index contributed by atoms with van der Waals surface area (Å²) in [6.45, 7) is 5.41. The van der Waals surface area contributed by atoms with Crippen LogP contribution < -0.4 is 5.32 Å². The first-order valence-corrected chi connectivity index (χ1v) is 4.47. The minimum Gasteiger partial charge on any atom is -0.383 e. The molecule has 0 spiro atoms. The summed E-state index contributed by atoms with van der Waals surface area (Å²) in [6.07, 6.45) is 2.60. The first-order chi connectivity index (χ1) is 5.22. The van der Waals surface area contributed by atoms with Crippen LogP contribution in [0.5, 0.6) is 0 Å². The molecule has 0 aromatic carbocycles. The number of methoxy groups -OCH3 is 1. The van der Waals surface area contributed by atoms with Gasteiger partial charge in [0.05, 0.1) is 6.61 Å². The molecule has 1 heterocycles. The van der Waals surface area contributed by atoms with Crippen molar-refractivity contribution in [3.8, 4) is 0 Å². The quantitative estimate of drug-likeness (QED) is 0.666. The average molecular weight is 157 g/mol. The van der Waals surface area contributed by atoms with Crippen LogP contribution in [0, 0.1) is 5.92 Å². The van der Waals surface area contributed by atoms with E-state index in [1.165, 1.54) is 12.8 Å². The van der Waals surface area contributed by atoms with E-state index in [2.05, 4.69) is 19.2 Å². The van der Waals surface area contributed by atoms with Crippen LogP contribution >= 0.6 is 0 Å². The first-order valence-electron chi connectivity index (χ1n) is 4.47. The predicted molar refractivity (Wildman–Crippen MR) is 46.7 cm³/mol. The number of ether oxygens (including phenoxy) is 1. The number of rotatable bonds is 4. The summed E-state index contributed by atoms with van der Waals surface area (Å²) in [4.78, 5) is 0. The summed E-state index contributed by atoms with van der Waals surface area (Å²) in [5.74, 6) is 0.816. The Labute approximate surface area is 69.3 Å². The Morgan fingerprint density at radius 2 is 2.09 bits per heavy atom. The molecule has 0 amide bonds. The fourth-order valence-electron chi connectivity index (χ4n) is 1.70. The summed E-state index contributed by atoms with van der Waals surface area (Å²) in [6, 6.07) is 1.39. The molecule has 2 nitrogen and oxygen atoms in total. The molecular formula is C9H19NO. The lowest BCUT2D eigenvalue weighted by molar-refractivity contribution is 0.107. The van der Waals surface area contributed by atoms with Gasteiger partial charge in [0.1, 0.15) is 0 Å². The maximum absolute atomic E-state index is 5.04. The normalized spacial score (nSPS) is 30.5. The van der Waals surface area contributed by atoms with E-state index in [0.717, 1.165) is 18.6 Å². The van der Waals surface area contributed by atoms with Crippen LogP contribution in [-0.2, 0) is 4.74 Å². The summed E-state index contributed by atoms with van der Waals surface area (Å²) in [5.41, 5.74) is 0. The van der Waals surface area contributed by atoms with Gasteiger partial charge in [-0.15, -0.1) is 0 Å². The van der Waals surface area contributed by atoms with Crippen LogP contribution in [0.2, 0.25) is 0 Å². The molecule has 0 aromatic rings. The van der Waals surface area contributed by atoms with E-state index in [1.807, 2.05) is 0 Å². The minimum absolute atomic E-state index is 0.628. The van der Waals surface area contributed by atoms with Crippen LogP contribution in [-0.4, -0.2) is 25.8 Å². The van der Waals surface area contributed by atoms with Gasteiger partial charge in [0.15, 0.2) is 0 Å². The van der Waals surface area contributed by atoms with E-state index in [1.54, 1.807) is 7.11 Å². The number of hydrogen-bond donors (Lipinski definition) is 1. The Kier molecular flexibility index (Phi) is 3.34. The maximum atomic E-state index is 5.04. The SMILES string of the molecule is COC[C@H]1CC(CC(C)C)N1. The topological polar surface area (TPSA) is 21.3 Å². The molecule has 1 rings (SSSR count). The molecule has 11 heavy (non-hydrogen) atoms.